The molecule has 7 heteroatoms. The van der Waals surface area contributed by atoms with Crippen molar-refractivity contribution >= 4 is 16.9 Å². The summed E-state index contributed by atoms with van der Waals surface area (Å²) in [5, 5.41) is 9.00. The summed E-state index contributed by atoms with van der Waals surface area (Å²) in [5.41, 5.74) is 4.03. The lowest BCUT2D eigenvalue weighted by Crippen LogP contribution is -2.48. The first kappa shape index (κ1) is 19.2. The molecule has 2 aliphatic heterocycles. The number of nitrogens with zero attached hydrogens (tertiary/aromatic N) is 4. The van der Waals surface area contributed by atoms with Crippen LogP contribution in [0, 0.1) is 13.8 Å². The molecule has 2 aromatic rings. The van der Waals surface area contributed by atoms with Crippen molar-refractivity contribution in [1.29, 1.82) is 0 Å². The summed E-state index contributed by atoms with van der Waals surface area (Å²) < 4.78 is 7.19. The van der Waals surface area contributed by atoms with Crippen LogP contribution in [-0.2, 0) is 18.3 Å². The molecule has 7 nitrogen and oxygen atoms in total. The van der Waals surface area contributed by atoms with Gasteiger partial charge >= 0.3 is 0 Å². The number of rotatable bonds is 5. The molecule has 0 aliphatic carbocycles. The van der Waals surface area contributed by atoms with E-state index in [-0.39, 0.29) is 5.91 Å². The Morgan fingerprint density at radius 3 is 2.61 bits per heavy atom. The van der Waals surface area contributed by atoms with E-state index in [1.54, 1.807) is 11.8 Å². The van der Waals surface area contributed by atoms with Crippen LogP contribution >= 0.6 is 0 Å². The third-order valence-electron chi connectivity index (χ3n) is 6.69. The SMILES string of the molecule is COc1nn(C)c2nc(C)c(CCC(=O)N(C)C3CC4CCC(C3)N4)c(C)c12. The van der Waals surface area contributed by atoms with Crippen LogP contribution in [0.25, 0.3) is 11.0 Å². The van der Waals surface area contributed by atoms with Gasteiger partial charge in [-0.25, -0.2) is 9.67 Å². The third kappa shape index (κ3) is 3.26. The largest absolute Gasteiger partial charge is 0.479 e. The number of amides is 1. The van der Waals surface area contributed by atoms with Gasteiger partial charge in [0.2, 0.25) is 11.8 Å². The summed E-state index contributed by atoms with van der Waals surface area (Å²) in [6, 6.07) is 1.55. The molecule has 2 atom stereocenters. The number of nitrogens with one attached hydrogen (secondary N) is 1. The normalized spacial score (nSPS) is 24.0. The summed E-state index contributed by atoms with van der Waals surface area (Å²) in [4.78, 5) is 19.6. The topological polar surface area (TPSA) is 72.3 Å². The Hall–Kier alpha value is -2.15. The Bertz CT molecular complexity index is 894. The monoisotopic (exact) mass is 385 g/mol. The van der Waals surface area contributed by atoms with Gasteiger partial charge in [-0.15, -0.1) is 5.10 Å². The zero-order valence-corrected chi connectivity index (χ0v) is 17.6. The van der Waals surface area contributed by atoms with Gasteiger partial charge in [0.1, 0.15) is 0 Å². The first-order valence-electron chi connectivity index (χ1n) is 10.3. The maximum absolute atomic E-state index is 12.9. The highest BCUT2D eigenvalue weighted by Gasteiger charge is 2.36. The molecule has 0 radical (unpaired) electrons. The van der Waals surface area contributed by atoms with Crippen LogP contribution < -0.4 is 10.1 Å². The number of hydrogen-bond acceptors (Lipinski definition) is 5. The molecule has 152 valence electrons. The Labute approximate surface area is 166 Å². The van der Waals surface area contributed by atoms with Gasteiger partial charge in [-0.05, 0) is 57.1 Å². The summed E-state index contributed by atoms with van der Waals surface area (Å²) in [5.74, 6) is 0.820. The fraction of sp³-hybridized carbons (Fsp3) is 0.667. The smallest absolute Gasteiger partial charge is 0.242 e. The number of aromatic nitrogens is 3. The van der Waals surface area contributed by atoms with Gasteiger partial charge in [0.05, 0.1) is 12.5 Å². The number of hydrogen-bond donors (Lipinski definition) is 1. The summed E-state index contributed by atoms with van der Waals surface area (Å²) in [6.07, 6.45) is 5.86. The molecule has 1 amide bonds. The molecule has 2 bridgehead atoms. The zero-order valence-electron chi connectivity index (χ0n) is 17.6. The van der Waals surface area contributed by atoms with E-state index in [9.17, 15) is 4.79 Å². The highest BCUT2D eigenvalue weighted by atomic mass is 16.5. The summed E-state index contributed by atoms with van der Waals surface area (Å²) in [6.45, 7) is 4.09. The maximum Gasteiger partial charge on any atom is 0.242 e. The first-order chi connectivity index (χ1) is 13.4. The Kier molecular flexibility index (Phi) is 5.04. The number of carbonyl (C=O) groups excluding carboxylic acids is 1. The molecule has 0 spiro atoms. The standard InChI is InChI=1S/C21H31N5O2/c1-12-17(13(2)22-20-19(12)21(28-5)24-26(20)4)8-9-18(27)25(3)16-10-14-6-7-15(11-16)23-14/h14-16,23H,6-11H2,1-5H3. The second-order valence-electron chi connectivity index (χ2n) is 8.40. The third-order valence-corrected chi connectivity index (χ3v) is 6.69. The molecule has 4 heterocycles. The van der Waals surface area contributed by atoms with Crippen molar-refractivity contribution in [3.05, 3.63) is 16.8 Å². The average Bonchev–Trinajstić information content (AvgIpc) is 3.18. The molecule has 2 unspecified atom stereocenters. The number of piperidine rings is 1. The van der Waals surface area contributed by atoms with E-state index < -0.39 is 0 Å². The molecule has 2 aromatic heterocycles. The van der Waals surface area contributed by atoms with Crippen molar-refractivity contribution in [2.75, 3.05) is 14.2 Å². The van der Waals surface area contributed by atoms with Gasteiger partial charge in [-0.3, -0.25) is 4.79 Å². The fourth-order valence-electron chi connectivity index (χ4n) is 5.06. The van der Waals surface area contributed by atoms with E-state index in [0.717, 1.165) is 40.7 Å². The number of methoxy groups -OCH3 is 1. The quantitative estimate of drug-likeness (QED) is 0.855. The van der Waals surface area contributed by atoms with E-state index in [0.29, 0.717) is 36.8 Å². The summed E-state index contributed by atoms with van der Waals surface area (Å²) in [7, 11) is 5.48. The minimum absolute atomic E-state index is 0.225. The van der Waals surface area contributed by atoms with Crippen LogP contribution in [0.4, 0.5) is 0 Å². The molecule has 2 aliphatic rings. The molecule has 0 aromatic carbocycles. The van der Waals surface area contributed by atoms with Gasteiger partial charge in [0, 0.05) is 44.3 Å². The van der Waals surface area contributed by atoms with E-state index in [4.69, 9.17) is 9.72 Å². The van der Waals surface area contributed by atoms with Crippen molar-refractivity contribution in [1.82, 2.24) is 25.0 Å². The maximum atomic E-state index is 12.9. The van der Waals surface area contributed by atoms with E-state index in [1.807, 2.05) is 25.9 Å². The zero-order chi connectivity index (χ0) is 20.0. The highest BCUT2D eigenvalue weighted by molar-refractivity contribution is 5.86. The van der Waals surface area contributed by atoms with Crippen LogP contribution in [0.1, 0.15) is 48.9 Å². The molecule has 4 rings (SSSR count). The fourth-order valence-corrected chi connectivity index (χ4v) is 5.06. The highest BCUT2D eigenvalue weighted by Crippen LogP contribution is 2.32. The predicted molar refractivity (Wildman–Crippen MR) is 109 cm³/mol. The molecule has 2 saturated heterocycles. The van der Waals surface area contributed by atoms with Crippen molar-refractivity contribution in [2.24, 2.45) is 7.05 Å². The number of pyridine rings is 1. The number of aryl methyl sites for hydroxylation is 3. The average molecular weight is 386 g/mol. The Morgan fingerprint density at radius 2 is 1.96 bits per heavy atom. The van der Waals surface area contributed by atoms with Gasteiger partial charge in [0.25, 0.3) is 0 Å². The minimum Gasteiger partial charge on any atom is -0.479 e. The van der Waals surface area contributed by atoms with Crippen molar-refractivity contribution < 1.29 is 9.53 Å². The minimum atomic E-state index is 0.225. The van der Waals surface area contributed by atoms with E-state index in [1.165, 1.54) is 12.8 Å². The summed E-state index contributed by atoms with van der Waals surface area (Å²) >= 11 is 0. The van der Waals surface area contributed by atoms with Crippen LogP contribution in [0.5, 0.6) is 5.88 Å². The van der Waals surface area contributed by atoms with Gasteiger partial charge in [0.15, 0.2) is 5.65 Å². The lowest BCUT2D eigenvalue weighted by molar-refractivity contribution is -0.132. The predicted octanol–water partition coefficient (Wildman–Crippen LogP) is 2.27. The van der Waals surface area contributed by atoms with E-state index in [2.05, 4.69) is 17.3 Å². The Balaban J connectivity index is 1.50. The van der Waals surface area contributed by atoms with Gasteiger partial charge < -0.3 is 15.0 Å². The number of carbonyl (C=O) groups is 1. The van der Waals surface area contributed by atoms with Crippen LogP contribution in [0.3, 0.4) is 0 Å². The van der Waals surface area contributed by atoms with Crippen LogP contribution in [0.15, 0.2) is 0 Å². The molecular formula is C21H31N5O2. The lowest BCUT2D eigenvalue weighted by atomic mass is 9.97. The van der Waals surface area contributed by atoms with E-state index >= 15 is 0 Å². The molecule has 28 heavy (non-hydrogen) atoms. The van der Waals surface area contributed by atoms with Crippen molar-refractivity contribution in [2.45, 2.75) is 70.5 Å². The molecule has 2 fully saturated rings. The van der Waals surface area contributed by atoms with Crippen LogP contribution in [0.2, 0.25) is 0 Å². The van der Waals surface area contributed by atoms with Crippen LogP contribution in [-0.4, -0.2) is 57.9 Å². The van der Waals surface area contributed by atoms with Crippen molar-refractivity contribution in [3.63, 3.8) is 0 Å². The second-order valence-corrected chi connectivity index (χ2v) is 8.40. The van der Waals surface area contributed by atoms with Gasteiger partial charge in [-0.2, -0.15) is 0 Å². The van der Waals surface area contributed by atoms with Crippen molar-refractivity contribution in [3.8, 4) is 5.88 Å². The second kappa shape index (κ2) is 7.35. The molecule has 0 saturated carbocycles. The first-order valence-corrected chi connectivity index (χ1v) is 10.3. The molecular weight excluding hydrogens is 354 g/mol. The van der Waals surface area contributed by atoms with Gasteiger partial charge in [-0.1, -0.05) is 0 Å². The number of ether oxygens (including phenoxy) is 1. The lowest BCUT2D eigenvalue weighted by Gasteiger charge is -2.35. The Morgan fingerprint density at radius 1 is 1.29 bits per heavy atom. The number of fused-ring (bicyclic) bond motifs is 3. The molecule has 1 N–H and O–H groups in total.